The summed E-state index contributed by atoms with van der Waals surface area (Å²) in [5, 5.41) is 1.26. The van der Waals surface area contributed by atoms with Crippen LogP contribution in [0.15, 0.2) is 106 Å². The molecular weight excluding hydrogens is 509 g/mol. The normalized spacial score (nSPS) is 14.7. The summed E-state index contributed by atoms with van der Waals surface area (Å²) in [5.41, 5.74) is 1.74. The summed E-state index contributed by atoms with van der Waals surface area (Å²) in [6, 6.07) is 28.2. The minimum Gasteiger partial charge on any atom is -0.457 e. The highest BCUT2D eigenvalue weighted by Crippen LogP contribution is 2.41. The van der Waals surface area contributed by atoms with Crippen molar-refractivity contribution >= 4 is 40.1 Å². The van der Waals surface area contributed by atoms with Gasteiger partial charge in [-0.25, -0.2) is 0 Å². The van der Waals surface area contributed by atoms with Gasteiger partial charge in [0.2, 0.25) is 5.76 Å². The minimum atomic E-state index is -0.710. The van der Waals surface area contributed by atoms with E-state index in [9.17, 15) is 9.59 Å². The van der Waals surface area contributed by atoms with Crippen LogP contribution in [0.1, 0.15) is 33.3 Å². The number of carbonyl (C=O) groups is 1. The molecule has 5 aromatic rings. The number of amides is 1. The Bertz CT molecular complexity index is 1710. The molecule has 1 aliphatic rings. The van der Waals surface area contributed by atoms with Gasteiger partial charge in [0, 0.05) is 16.6 Å². The molecule has 0 spiro atoms. The van der Waals surface area contributed by atoms with Crippen molar-refractivity contribution in [2.75, 3.05) is 0 Å². The van der Waals surface area contributed by atoms with E-state index in [-0.39, 0.29) is 29.2 Å². The predicted octanol–water partition coefficient (Wildman–Crippen LogP) is 7.64. The first-order valence-electron chi connectivity index (χ1n) is 11.6. The van der Waals surface area contributed by atoms with Crippen molar-refractivity contribution in [3.05, 3.63) is 140 Å². The summed E-state index contributed by atoms with van der Waals surface area (Å²) in [6.45, 7) is 0.188. The fourth-order valence-electron chi connectivity index (χ4n) is 4.69. The molecule has 2 heterocycles. The number of carbonyl (C=O) groups excluding carboxylic acids is 1. The molecule has 1 aliphatic heterocycles. The Balaban J connectivity index is 1.52. The van der Waals surface area contributed by atoms with E-state index >= 15 is 0 Å². The van der Waals surface area contributed by atoms with Crippen molar-refractivity contribution in [3.63, 3.8) is 0 Å². The average Bonchev–Trinajstić information content (AvgIpc) is 3.18. The molecular formula is C30H19Cl2NO4. The van der Waals surface area contributed by atoms with E-state index in [1.165, 1.54) is 0 Å². The van der Waals surface area contributed by atoms with Gasteiger partial charge >= 0.3 is 0 Å². The van der Waals surface area contributed by atoms with Gasteiger partial charge in [0.05, 0.1) is 17.0 Å². The van der Waals surface area contributed by atoms with E-state index < -0.39 is 6.04 Å². The van der Waals surface area contributed by atoms with Gasteiger partial charge in [0.15, 0.2) is 5.43 Å². The average molecular weight is 528 g/mol. The quantitative estimate of drug-likeness (QED) is 0.235. The van der Waals surface area contributed by atoms with Crippen molar-refractivity contribution in [2.45, 2.75) is 12.6 Å². The number of nitrogens with zero attached hydrogens (tertiary/aromatic N) is 1. The van der Waals surface area contributed by atoms with Crippen LogP contribution >= 0.6 is 23.2 Å². The fraction of sp³-hybridized carbons (Fsp3) is 0.0667. The second-order valence-corrected chi connectivity index (χ2v) is 9.57. The van der Waals surface area contributed by atoms with Crippen LogP contribution in [-0.2, 0) is 6.54 Å². The summed E-state index contributed by atoms with van der Waals surface area (Å²) in [7, 11) is 0. The molecule has 0 saturated heterocycles. The van der Waals surface area contributed by atoms with Crippen LogP contribution in [0.5, 0.6) is 11.5 Å². The Labute approximate surface area is 222 Å². The highest BCUT2D eigenvalue weighted by Gasteiger charge is 2.43. The maximum absolute atomic E-state index is 13.8. The number of ether oxygens (including phenoxy) is 1. The number of fused-ring (bicyclic) bond motifs is 2. The largest absolute Gasteiger partial charge is 0.457 e. The van der Waals surface area contributed by atoms with Crippen LogP contribution in [-0.4, -0.2) is 10.8 Å². The third-order valence-corrected chi connectivity index (χ3v) is 6.98. The lowest BCUT2D eigenvalue weighted by molar-refractivity contribution is 0.0714. The second-order valence-electron chi connectivity index (χ2n) is 8.73. The van der Waals surface area contributed by atoms with Crippen LogP contribution in [0.2, 0.25) is 10.0 Å². The molecule has 0 N–H and O–H groups in total. The molecule has 182 valence electrons. The maximum Gasteiger partial charge on any atom is 0.291 e. The Kier molecular flexibility index (Phi) is 5.95. The van der Waals surface area contributed by atoms with E-state index in [4.69, 9.17) is 32.4 Å². The molecule has 7 heteroatoms. The van der Waals surface area contributed by atoms with Crippen LogP contribution in [0, 0.1) is 0 Å². The van der Waals surface area contributed by atoms with Crippen LogP contribution < -0.4 is 10.2 Å². The molecule has 0 radical (unpaired) electrons. The molecule has 1 atom stereocenters. The number of halogens is 2. The summed E-state index contributed by atoms with van der Waals surface area (Å²) in [4.78, 5) is 29.1. The van der Waals surface area contributed by atoms with Crippen molar-refractivity contribution < 1.29 is 13.9 Å². The molecule has 37 heavy (non-hydrogen) atoms. The Morgan fingerprint density at radius 1 is 0.811 bits per heavy atom. The molecule has 0 saturated carbocycles. The molecule has 1 amide bonds. The topological polar surface area (TPSA) is 59.8 Å². The van der Waals surface area contributed by atoms with Crippen LogP contribution in [0.4, 0.5) is 0 Å². The summed E-state index contributed by atoms with van der Waals surface area (Å²) in [5.74, 6) is 0.889. The van der Waals surface area contributed by atoms with Crippen molar-refractivity contribution in [1.29, 1.82) is 0 Å². The van der Waals surface area contributed by atoms with Crippen LogP contribution in [0.25, 0.3) is 11.0 Å². The van der Waals surface area contributed by atoms with Crippen LogP contribution in [0.3, 0.4) is 0 Å². The van der Waals surface area contributed by atoms with Crippen molar-refractivity contribution in [1.82, 2.24) is 4.90 Å². The lowest BCUT2D eigenvalue weighted by atomic mass is 9.98. The third kappa shape index (κ3) is 4.26. The smallest absolute Gasteiger partial charge is 0.291 e. The molecule has 4 aromatic carbocycles. The zero-order valence-electron chi connectivity index (χ0n) is 19.4. The number of rotatable bonds is 5. The van der Waals surface area contributed by atoms with Gasteiger partial charge in [0.25, 0.3) is 5.91 Å². The molecule has 0 fully saturated rings. The number of hydrogen-bond acceptors (Lipinski definition) is 4. The zero-order valence-corrected chi connectivity index (χ0v) is 20.9. The van der Waals surface area contributed by atoms with Gasteiger partial charge in [0.1, 0.15) is 17.1 Å². The molecule has 5 nitrogen and oxygen atoms in total. The minimum absolute atomic E-state index is 0.0197. The number of para-hydroxylation sites is 1. The fourth-order valence-corrected chi connectivity index (χ4v) is 5.05. The standard InChI is InChI=1S/C30H19Cl2NO4/c31-20-13-14-25-23(16-20)28(34)26-27(18-8-6-11-22(15-18)36-21-9-2-1-3-10-21)33(30(35)29(26)37-25)17-19-7-4-5-12-24(19)32/h1-16,27H,17H2. The monoisotopic (exact) mass is 527 g/mol. The first-order chi connectivity index (χ1) is 18.0. The predicted molar refractivity (Wildman–Crippen MR) is 144 cm³/mol. The lowest BCUT2D eigenvalue weighted by Crippen LogP contribution is -2.29. The number of hydrogen-bond donors (Lipinski definition) is 0. The second kappa shape index (κ2) is 9.43. The SMILES string of the molecule is O=C1c2oc3ccc(Cl)cc3c(=O)c2C(c2cccc(Oc3ccccc3)c2)N1Cc1ccccc1Cl. The Hall–Kier alpha value is -4.06. The lowest BCUT2D eigenvalue weighted by Gasteiger charge is -2.26. The molecule has 1 aromatic heterocycles. The van der Waals surface area contributed by atoms with Gasteiger partial charge in [-0.1, -0.05) is 71.7 Å². The third-order valence-electron chi connectivity index (χ3n) is 6.38. The van der Waals surface area contributed by atoms with E-state index in [0.717, 1.165) is 5.56 Å². The Morgan fingerprint density at radius 3 is 2.38 bits per heavy atom. The van der Waals surface area contributed by atoms with E-state index in [1.807, 2.05) is 72.8 Å². The molecule has 1 unspecified atom stereocenters. The van der Waals surface area contributed by atoms with Gasteiger partial charge in [-0.3, -0.25) is 9.59 Å². The van der Waals surface area contributed by atoms with Gasteiger partial charge in [-0.05, 0) is 59.7 Å². The van der Waals surface area contributed by atoms with Gasteiger partial charge in [-0.15, -0.1) is 0 Å². The van der Waals surface area contributed by atoms with E-state index in [1.54, 1.807) is 29.2 Å². The Morgan fingerprint density at radius 2 is 1.57 bits per heavy atom. The highest BCUT2D eigenvalue weighted by molar-refractivity contribution is 6.31. The summed E-state index contributed by atoms with van der Waals surface area (Å²) >= 11 is 12.6. The van der Waals surface area contributed by atoms with Crippen molar-refractivity contribution in [2.24, 2.45) is 0 Å². The zero-order chi connectivity index (χ0) is 25.5. The first-order valence-corrected chi connectivity index (χ1v) is 12.4. The molecule has 0 aliphatic carbocycles. The summed E-state index contributed by atoms with van der Waals surface area (Å²) < 4.78 is 12.1. The van der Waals surface area contributed by atoms with E-state index in [0.29, 0.717) is 38.1 Å². The highest BCUT2D eigenvalue weighted by atomic mass is 35.5. The van der Waals surface area contributed by atoms with Gasteiger partial charge < -0.3 is 14.1 Å². The summed E-state index contributed by atoms with van der Waals surface area (Å²) in [6.07, 6.45) is 0. The first kappa shape index (κ1) is 23.3. The van der Waals surface area contributed by atoms with E-state index in [2.05, 4.69) is 0 Å². The number of benzene rings is 4. The van der Waals surface area contributed by atoms with Gasteiger partial charge in [-0.2, -0.15) is 0 Å². The molecule has 6 rings (SSSR count). The molecule has 0 bridgehead atoms. The van der Waals surface area contributed by atoms with Crippen molar-refractivity contribution in [3.8, 4) is 11.5 Å². The maximum atomic E-state index is 13.8.